The number of thioether (sulfide) groups is 1. The summed E-state index contributed by atoms with van der Waals surface area (Å²) in [5.41, 5.74) is 0. The molecule has 0 aliphatic rings. The number of hydrogen-bond acceptors (Lipinski definition) is 3. The van der Waals surface area contributed by atoms with Crippen molar-refractivity contribution >= 4 is 24.4 Å². The number of imidazole rings is 1. The lowest BCUT2D eigenvalue weighted by atomic mass is 10.2. The van der Waals surface area contributed by atoms with Gasteiger partial charge >= 0.3 is 0 Å². The first-order valence-corrected chi connectivity index (χ1v) is 6.10. The summed E-state index contributed by atoms with van der Waals surface area (Å²) in [6.07, 6.45) is 5.01. The smallest absolute Gasteiger partial charge is 0.167 e. The minimum atomic E-state index is 0.699. The SMILES string of the molecule is CCC(CS)CSc1nccn1C. The molecule has 1 heterocycles. The van der Waals surface area contributed by atoms with Gasteiger partial charge in [0.1, 0.15) is 0 Å². The van der Waals surface area contributed by atoms with Crippen molar-refractivity contribution in [2.45, 2.75) is 18.5 Å². The van der Waals surface area contributed by atoms with Gasteiger partial charge in [-0.25, -0.2) is 4.98 Å². The van der Waals surface area contributed by atoms with Gasteiger partial charge in [-0.15, -0.1) is 0 Å². The van der Waals surface area contributed by atoms with E-state index < -0.39 is 0 Å². The van der Waals surface area contributed by atoms with E-state index in [1.54, 1.807) is 0 Å². The zero-order valence-electron chi connectivity index (χ0n) is 8.10. The van der Waals surface area contributed by atoms with Crippen LogP contribution >= 0.6 is 24.4 Å². The van der Waals surface area contributed by atoms with Gasteiger partial charge in [0.05, 0.1) is 0 Å². The first-order valence-electron chi connectivity index (χ1n) is 4.49. The van der Waals surface area contributed by atoms with Crippen LogP contribution in [0.4, 0.5) is 0 Å². The van der Waals surface area contributed by atoms with Crippen molar-refractivity contribution in [3.05, 3.63) is 12.4 Å². The van der Waals surface area contributed by atoms with Gasteiger partial charge in [-0.2, -0.15) is 12.6 Å². The van der Waals surface area contributed by atoms with E-state index in [4.69, 9.17) is 0 Å². The van der Waals surface area contributed by atoms with Crippen molar-refractivity contribution in [1.29, 1.82) is 0 Å². The van der Waals surface area contributed by atoms with Crippen LogP contribution in [0.5, 0.6) is 0 Å². The lowest BCUT2D eigenvalue weighted by Gasteiger charge is -2.10. The van der Waals surface area contributed by atoms with E-state index in [0.29, 0.717) is 5.92 Å². The second-order valence-electron chi connectivity index (χ2n) is 3.09. The topological polar surface area (TPSA) is 17.8 Å². The van der Waals surface area contributed by atoms with Gasteiger partial charge in [0.2, 0.25) is 0 Å². The fraction of sp³-hybridized carbons (Fsp3) is 0.667. The van der Waals surface area contributed by atoms with Crippen LogP contribution in [0.3, 0.4) is 0 Å². The zero-order valence-corrected chi connectivity index (χ0v) is 9.81. The lowest BCUT2D eigenvalue weighted by Crippen LogP contribution is -2.04. The fourth-order valence-corrected chi connectivity index (χ4v) is 2.68. The molecule has 0 amide bonds. The highest BCUT2D eigenvalue weighted by molar-refractivity contribution is 7.99. The molecule has 0 spiro atoms. The molecule has 1 rings (SSSR count). The van der Waals surface area contributed by atoms with E-state index in [2.05, 4.69) is 29.1 Å². The van der Waals surface area contributed by atoms with Gasteiger partial charge in [-0.05, 0) is 11.7 Å². The van der Waals surface area contributed by atoms with Gasteiger partial charge < -0.3 is 4.57 Å². The first kappa shape index (κ1) is 11.0. The van der Waals surface area contributed by atoms with Gasteiger partial charge in [-0.3, -0.25) is 0 Å². The predicted octanol–water partition coefficient (Wildman–Crippen LogP) is 2.47. The second kappa shape index (κ2) is 5.60. The fourth-order valence-electron chi connectivity index (χ4n) is 0.983. The molecule has 0 aliphatic heterocycles. The lowest BCUT2D eigenvalue weighted by molar-refractivity contribution is 0.647. The third-order valence-corrected chi connectivity index (χ3v) is 3.87. The average molecular weight is 216 g/mol. The Morgan fingerprint density at radius 3 is 2.92 bits per heavy atom. The Hall–Kier alpha value is -0.0900. The molecular formula is C9H16N2S2. The van der Waals surface area contributed by atoms with Gasteiger partial charge in [-0.1, -0.05) is 25.1 Å². The quantitative estimate of drug-likeness (QED) is 0.602. The Kier molecular flexibility index (Phi) is 4.73. The summed E-state index contributed by atoms with van der Waals surface area (Å²) in [5, 5.41) is 1.10. The largest absolute Gasteiger partial charge is 0.329 e. The second-order valence-corrected chi connectivity index (χ2v) is 4.44. The standard InChI is InChI=1S/C9H16N2S2/c1-3-8(6-12)7-13-9-10-4-5-11(9)2/h4-5,8,12H,3,6-7H2,1-2H3. The molecule has 1 unspecified atom stereocenters. The molecule has 74 valence electrons. The summed E-state index contributed by atoms with van der Waals surface area (Å²) < 4.78 is 2.05. The highest BCUT2D eigenvalue weighted by Crippen LogP contribution is 2.20. The summed E-state index contributed by atoms with van der Waals surface area (Å²) >= 11 is 6.13. The molecule has 1 atom stereocenters. The predicted molar refractivity (Wildman–Crippen MR) is 61.6 cm³/mol. The third-order valence-electron chi connectivity index (χ3n) is 2.06. The molecule has 0 aliphatic carbocycles. The Morgan fingerprint density at radius 2 is 2.46 bits per heavy atom. The van der Waals surface area contributed by atoms with Crippen LogP contribution in [0.15, 0.2) is 17.6 Å². The molecule has 4 heteroatoms. The van der Waals surface area contributed by atoms with Crippen LogP contribution in [0.1, 0.15) is 13.3 Å². The average Bonchev–Trinajstić information content (AvgIpc) is 2.54. The number of aryl methyl sites for hydroxylation is 1. The first-order chi connectivity index (χ1) is 6.27. The maximum atomic E-state index is 4.31. The number of aromatic nitrogens is 2. The van der Waals surface area contributed by atoms with Crippen molar-refractivity contribution in [3.8, 4) is 0 Å². The van der Waals surface area contributed by atoms with Gasteiger partial charge in [0.25, 0.3) is 0 Å². The van der Waals surface area contributed by atoms with Crippen LogP contribution in [0, 0.1) is 5.92 Å². The Balaban J connectivity index is 2.38. The van der Waals surface area contributed by atoms with Crippen molar-refractivity contribution in [1.82, 2.24) is 9.55 Å². The summed E-state index contributed by atoms with van der Waals surface area (Å²) in [6.45, 7) is 2.21. The highest BCUT2D eigenvalue weighted by atomic mass is 32.2. The number of rotatable bonds is 5. The molecule has 1 aromatic heterocycles. The van der Waals surface area contributed by atoms with Crippen molar-refractivity contribution in [2.75, 3.05) is 11.5 Å². The highest BCUT2D eigenvalue weighted by Gasteiger charge is 2.06. The minimum Gasteiger partial charge on any atom is -0.329 e. The van der Waals surface area contributed by atoms with Crippen molar-refractivity contribution < 1.29 is 0 Å². The van der Waals surface area contributed by atoms with Gasteiger partial charge in [0.15, 0.2) is 5.16 Å². The number of nitrogens with zero attached hydrogens (tertiary/aromatic N) is 2. The van der Waals surface area contributed by atoms with E-state index in [9.17, 15) is 0 Å². The van der Waals surface area contributed by atoms with Crippen LogP contribution in [-0.4, -0.2) is 21.1 Å². The van der Waals surface area contributed by atoms with E-state index in [1.807, 2.05) is 31.2 Å². The summed E-state index contributed by atoms with van der Waals surface area (Å²) in [4.78, 5) is 4.26. The molecule has 2 nitrogen and oxygen atoms in total. The third kappa shape index (κ3) is 3.27. The molecule has 0 bridgehead atoms. The molecule has 1 aromatic rings. The normalized spacial score (nSPS) is 13.2. The van der Waals surface area contributed by atoms with Crippen LogP contribution < -0.4 is 0 Å². The van der Waals surface area contributed by atoms with E-state index in [-0.39, 0.29) is 0 Å². The molecule has 13 heavy (non-hydrogen) atoms. The Labute approximate surface area is 89.5 Å². The van der Waals surface area contributed by atoms with Crippen molar-refractivity contribution in [2.24, 2.45) is 13.0 Å². The van der Waals surface area contributed by atoms with Crippen LogP contribution in [-0.2, 0) is 7.05 Å². The minimum absolute atomic E-state index is 0.699. The molecule has 0 fully saturated rings. The zero-order chi connectivity index (χ0) is 9.68. The molecule has 0 saturated heterocycles. The van der Waals surface area contributed by atoms with Gasteiger partial charge in [0, 0.05) is 25.2 Å². The van der Waals surface area contributed by atoms with E-state index in [1.165, 1.54) is 6.42 Å². The summed E-state index contributed by atoms with van der Waals surface area (Å²) in [7, 11) is 2.02. The maximum absolute atomic E-state index is 4.31. The number of thiol groups is 1. The maximum Gasteiger partial charge on any atom is 0.167 e. The van der Waals surface area contributed by atoms with Crippen LogP contribution in [0.2, 0.25) is 0 Å². The van der Waals surface area contributed by atoms with Crippen LogP contribution in [0.25, 0.3) is 0 Å². The number of hydrogen-bond donors (Lipinski definition) is 1. The molecule has 0 N–H and O–H groups in total. The summed E-state index contributed by atoms with van der Waals surface area (Å²) in [5.74, 6) is 2.78. The molecule has 0 saturated carbocycles. The molecular weight excluding hydrogens is 200 g/mol. The summed E-state index contributed by atoms with van der Waals surface area (Å²) in [6, 6.07) is 0. The molecule has 0 radical (unpaired) electrons. The monoisotopic (exact) mass is 216 g/mol. The van der Waals surface area contributed by atoms with E-state index >= 15 is 0 Å². The molecule has 0 aromatic carbocycles. The Morgan fingerprint density at radius 1 is 1.69 bits per heavy atom. The Bertz CT molecular complexity index is 244. The van der Waals surface area contributed by atoms with Crippen molar-refractivity contribution in [3.63, 3.8) is 0 Å². The van der Waals surface area contributed by atoms with E-state index in [0.717, 1.165) is 16.7 Å².